The third-order valence-corrected chi connectivity index (χ3v) is 10.1. The van der Waals surface area contributed by atoms with Gasteiger partial charge in [0.1, 0.15) is 11.4 Å². The third-order valence-electron chi connectivity index (χ3n) is 10.1. The Morgan fingerprint density at radius 2 is 1.69 bits per heavy atom. The van der Waals surface area contributed by atoms with E-state index < -0.39 is 0 Å². The number of carbonyl (C=O) groups excluding carboxylic acids is 1. The lowest BCUT2D eigenvalue weighted by Gasteiger charge is -2.59. The van der Waals surface area contributed by atoms with Crippen LogP contribution in [-0.4, -0.2) is 55.1 Å². The third kappa shape index (κ3) is 4.72. The Morgan fingerprint density at radius 3 is 2.28 bits per heavy atom. The largest absolute Gasteiger partial charge is 0.496 e. The van der Waals surface area contributed by atoms with Gasteiger partial charge in [0, 0.05) is 44.0 Å². The van der Waals surface area contributed by atoms with E-state index in [-0.39, 0.29) is 28.0 Å². The highest BCUT2D eigenvalue weighted by molar-refractivity contribution is 5.97. The van der Waals surface area contributed by atoms with Crippen molar-refractivity contribution in [3.63, 3.8) is 0 Å². The van der Waals surface area contributed by atoms with Crippen molar-refractivity contribution in [2.75, 3.05) is 43.5 Å². The molecule has 7 rings (SSSR count). The maximum absolute atomic E-state index is 13.3. The number of nitro benzene ring substituents is 1. The molecule has 1 heterocycles. The van der Waals surface area contributed by atoms with Crippen molar-refractivity contribution in [3.8, 4) is 5.75 Å². The van der Waals surface area contributed by atoms with Gasteiger partial charge in [-0.3, -0.25) is 14.9 Å². The first-order chi connectivity index (χ1) is 18.8. The lowest BCUT2D eigenvalue weighted by atomic mass is 9.48. The zero-order valence-corrected chi connectivity index (χ0v) is 23.3. The lowest BCUT2D eigenvalue weighted by molar-refractivity contribution is -0.384. The van der Waals surface area contributed by atoms with Crippen molar-refractivity contribution in [2.45, 2.75) is 58.4 Å². The van der Waals surface area contributed by atoms with Crippen LogP contribution in [0.15, 0.2) is 36.4 Å². The summed E-state index contributed by atoms with van der Waals surface area (Å²) in [5.74, 6) is 3.11. The second-order valence-corrected chi connectivity index (χ2v) is 12.5. The molecule has 5 aliphatic rings. The summed E-state index contributed by atoms with van der Waals surface area (Å²) in [4.78, 5) is 29.1. The molecule has 208 valence electrons. The van der Waals surface area contributed by atoms with Crippen molar-refractivity contribution in [1.82, 2.24) is 4.90 Å². The van der Waals surface area contributed by atoms with Gasteiger partial charge in [-0.25, -0.2) is 0 Å². The van der Waals surface area contributed by atoms with Gasteiger partial charge in [-0.1, -0.05) is 12.1 Å². The number of ether oxygens (including phenoxy) is 1. The molecule has 2 aromatic rings. The minimum absolute atomic E-state index is 0.0225. The van der Waals surface area contributed by atoms with Crippen LogP contribution in [0.3, 0.4) is 0 Å². The fraction of sp³-hybridized carbons (Fsp3) is 0.581. The fourth-order valence-electron chi connectivity index (χ4n) is 8.52. The second-order valence-electron chi connectivity index (χ2n) is 12.5. The first kappa shape index (κ1) is 26.0. The molecule has 1 atom stereocenters. The summed E-state index contributed by atoms with van der Waals surface area (Å²) in [6.45, 7) is 6.69. The molecule has 4 saturated carbocycles. The number of methoxy groups -OCH3 is 1. The summed E-state index contributed by atoms with van der Waals surface area (Å²) in [6, 6.07) is 11.3. The maximum Gasteiger partial charge on any atom is 0.292 e. The number of carbonyl (C=O) groups is 1. The molecule has 1 amide bonds. The standard InChI is InChI=1S/C31H40N4O4/c1-20-5-4-6-26(29(20)39-3)30(36)34-11-9-33(10-12-34)25-7-8-28(35(37)38)27(16-25)32-21(2)31-17-22-13-23(18-31)15-24(14-22)19-31/h4-8,16,21-24,32H,9-15,17-19H2,1-3H3. The highest BCUT2D eigenvalue weighted by Crippen LogP contribution is 2.61. The quantitative estimate of drug-likeness (QED) is 0.353. The van der Waals surface area contributed by atoms with Crippen LogP contribution in [0.1, 0.15) is 61.4 Å². The second kappa shape index (κ2) is 10.0. The first-order valence-electron chi connectivity index (χ1n) is 14.5. The van der Waals surface area contributed by atoms with Crippen LogP contribution in [0.4, 0.5) is 17.1 Å². The van der Waals surface area contributed by atoms with E-state index in [0.29, 0.717) is 43.2 Å². The molecule has 4 aliphatic carbocycles. The molecule has 1 aliphatic heterocycles. The average molecular weight is 533 g/mol. The number of aryl methyl sites for hydroxylation is 1. The summed E-state index contributed by atoms with van der Waals surface area (Å²) in [5.41, 5.74) is 3.49. The van der Waals surface area contributed by atoms with E-state index in [9.17, 15) is 14.9 Å². The summed E-state index contributed by atoms with van der Waals surface area (Å²) < 4.78 is 5.51. The number of hydrogen-bond donors (Lipinski definition) is 1. The molecule has 1 saturated heterocycles. The van der Waals surface area contributed by atoms with Crippen LogP contribution in [0.5, 0.6) is 5.75 Å². The number of anilines is 2. The highest BCUT2D eigenvalue weighted by atomic mass is 16.6. The van der Waals surface area contributed by atoms with Crippen LogP contribution in [-0.2, 0) is 0 Å². The molecule has 8 nitrogen and oxygen atoms in total. The van der Waals surface area contributed by atoms with Crippen molar-refractivity contribution < 1.29 is 14.5 Å². The average Bonchev–Trinajstić information content (AvgIpc) is 2.91. The Labute approximate surface area is 230 Å². The number of rotatable bonds is 7. The molecule has 1 N–H and O–H groups in total. The Balaban J connectivity index is 1.17. The van der Waals surface area contributed by atoms with E-state index in [1.54, 1.807) is 13.2 Å². The topological polar surface area (TPSA) is 88.0 Å². The fourth-order valence-corrected chi connectivity index (χ4v) is 8.52. The minimum atomic E-state index is -0.273. The van der Waals surface area contributed by atoms with Gasteiger partial charge in [0.05, 0.1) is 17.6 Å². The van der Waals surface area contributed by atoms with Gasteiger partial charge in [0.25, 0.3) is 11.6 Å². The SMILES string of the molecule is COc1c(C)cccc1C(=O)N1CCN(c2ccc([N+](=O)[O-])c(NC(C)C34CC5CC(CC(C5)C3)C4)c2)CC1. The van der Waals surface area contributed by atoms with Crippen molar-refractivity contribution in [3.05, 3.63) is 57.6 Å². The number of benzene rings is 2. The smallest absolute Gasteiger partial charge is 0.292 e. The Bertz CT molecular complexity index is 1230. The van der Waals surface area contributed by atoms with Crippen molar-refractivity contribution in [2.24, 2.45) is 23.2 Å². The van der Waals surface area contributed by atoms with E-state index in [0.717, 1.165) is 29.0 Å². The van der Waals surface area contributed by atoms with Gasteiger partial charge in [0.15, 0.2) is 0 Å². The van der Waals surface area contributed by atoms with Gasteiger partial charge in [0.2, 0.25) is 0 Å². The van der Waals surface area contributed by atoms with Crippen LogP contribution < -0.4 is 15.0 Å². The molecule has 1 unspecified atom stereocenters. The molecular weight excluding hydrogens is 492 g/mol. The number of piperazine rings is 1. The Morgan fingerprint density at radius 1 is 1.05 bits per heavy atom. The summed E-state index contributed by atoms with van der Waals surface area (Å²) in [7, 11) is 1.60. The van der Waals surface area contributed by atoms with Crippen LogP contribution in [0.25, 0.3) is 0 Å². The molecule has 0 aromatic heterocycles. The van der Waals surface area contributed by atoms with Gasteiger partial charge < -0.3 is 19.9 Å². The summed E-state index contributed by atoms with van der Waals surface area (Å²) in [5, 5.41) is 15.6. The monoisotopic (exact) mass is 532 g/mol. The van der Waals surface area contributed by atoms with E-state index in [4.69, 9.17) is 4.74 Å². The zero-order chi connectivity index (χ0) is 27.3. The van der Waals surface area contributed by atoms with Gasteiger partial charge in [-0.2, -0.15) is 0 Å². The molecule has 8 heteroatoms. The molecule has 4 bridgehead atoms. The molecule has 5 fully saturated rings. The van der Waals surface area contributed by atoms with Gasteiger partial charge in [-0.05, 0) is 99.3 Å². The van der Waals surface area contributed by atoms with Gasteiger partial charge >= 0.3 is 0 Å². The normalized spacial score (nSPS) is 28.3. The number of nitro groups is 1. The number of amides is 1. The molecule has 0 spiro atoms. The van der Waals surface area contributed by atoms with Crippen molar-refractivity contribution >= 4 is 23.0 Å². The van der Waals surface area contributed by atoms with E-state index in [1.165, 1.54) is 38.5 Å². The van der Waals surface area contributed by atoms with Gasteiger partial charge in [-0.15, -0.1) is 0 Å². The van der Waals surface area contributed by atoms with E-state index >= 15 is 0 Å². The van der Waals surface area contributed by atoms with Crippen molar-refractivity contribution in [1.29, 1.82) is 0 Å². The molecule has 0 radical (unpaired) electrons. The van der Waals surface area contributed by atoms with E-state index in [1.807, 2.05) is 42.2 Å². The predicted octanol–water partition coefficient (Wildman–Crippen LogP) is 5.89. The zero-order valence-electron chi connectivity index (χ0n) is 23.3. The number of nitrogens with one attached hydrogen (secondary N) is 1. The molecule has 39 heavy (non-hydrogen) atoms. The number of hydrogen-bond acceptors (Lipinski definition) is 6. The maximum atomic E-state index is 13.3. The first-order valence-corrected chi connectivity index (χ1v) is 14.5. The van der Waals surface area contributed by atoms with Crippen LogP contribution in [0, 0.1) is 40.2 Å². The minimum Gasteiger partial charge on any atom is -0.496 e. The van der Waals surface area contributed by atoms with Crippen LogP contribution >= 0.6 is 0 Å². The van der Waals surface area contributed by atoms with Crippen LogP contribution in [0.2, 0.25) is 0 Å². The molecular formula is C31H40N4O4. The summed E-state index contributed by atoms with van der Waals surface area (Å²) in [6.07, 6.45) is 7.90. The molecule has 2 aromatic carbocycles. The highest BCUT2D eigenvalue weighted by Gasteiger charge is 2.53. The number of para-hydroxylation sites is 1. The Kier molecular flexibility index (Phi) is 6.68. The lowest BCUT2D eigenvalue weighted by Crippen LogP contribution is -2.53. The number of nitrogens with zero attached hydrogens (tertiary/aromatic N) is 3. The Hall–Kier alpha value is -3.29. The predicted molar refractivity (Wildman–Crippen MR) is 153 cm³/mol. The summed E-state index contributed by atoms with van der Waals surface area (Å²) >= 11 is 0. The van der Waals surface area contributed by atoms with E-state index in [2.05, 4.69) is 17.1 Å².